The monoisotopic (exact) mass is 418 g/mol. The van der Waals surface area contributed by atoms with E-state index in [9.17, 15) is 4.39 Å². The van der Waals surface area contributed by atoms with Crippen LogP contribution in [0.4, 0.5) is 16.2 Å². The molecule has 1 aromatic carbocycles. The minimum Gasteiger partial charge on any atom is -0.354 e. The van der Waals surface area contributed by atoms with Crippen molar-refractivity contribution in [3.8, 4) is 11.3 Å². The maximum Gasteiger partial charge on any atom is 0.227 e. The van der Waals surface area contributed by atoms with E-state index in [1.165, 1.54) is 12.5 Å². The van der Waals surface area contributed by atoms with Crippen LogP contribution in [0.1, 0.15) is 13.3 Å². The van der Waals surface area contributed by atoms with Gasteiger partial charge in [-0.05, 0) is 31.2 Å². The summed E-state index contributed by atoms with van der Waals surface area (Å²) >= 11 is 6.03. The number of nitrogens with one attached hydrogen (secondary N) is 1. The predicted octanol–water partition coefficient (Wildman–Crippen LogP) is 2.88. The molecule has 2 aliphatic heterocycles. The molecule has 0 radical (unpaired) electrons. The molecule has 0 spiro atoms. The van der Waals surface area contributed by atoms with Crippen molar-refractivity contribution in [3.63, 3.8) is 0 Å². The number of rotatable bonds is 5. The van der Waals surface area contributed by atoms with E-state index < -0.39 is 5.82 Å². The van der Waals surface area contributed by atoms with Crippen molar-refractivity contribution < 1.29 is 4.39 Å². The number of nitrogens with zero attached hydrogens (tertiary/aromatic N) is 5. The molecule has 2 aliphatic rings. The molecule has 156 valence electrons. The molecule has 0 unspecified atom stereocenters. The average molecular weight is 419 g/mol. The summed E-state index contributed by atoms with van der Waals surface area (Å²) in [4.78, 5) is 16.8. The van der Waals surface area contributed by atoms with Gasteiger partial charge in [0.1, 0.15) is 11.6 Å². The molecule has 0 bridgehead atoms. The number of benzene rings is 1. The smallest absolute Gasteiger partial charge is 0.227 e. The lowest BCUT2D eigenvalue weighted by atomic mass is 10.1. The van der Waals surface area contributed by atoms with Gasteiger partial charge < -0.3 is 15.1 Å². The van der Waals surface area contributed by atoms with E-state index in [0.717, 1.165) is 81.9 Å². The Morgan fingerprint density at radius 3 is 2.45 bits per heavy atom. The molecular formula is C21H28ClFN6. The van der Waals surface area contributed by atoms with Gasteiger partial charge in [0.05, 0.1) is 10.7 Å². The number of aromatic nitrogens is 2. The first-order chi connectivity index (χ1) is 14.1. The van der Waals surface area contributed by atoms with Crippen LogP contribution in [0, 0.1) is 5.82 Å². The van der Waals surface area contributed by atoms with E-state index in [-0.39, 0.29) is 5.02 Å². The Bertz CT molecular complexity index is 834. The summed E-state index contributed by atoms with van der Waals surface area (Å²) in [6, 6.07) is 6.76. The molecule has 6 nitrogen and oxygen atoms in total. The second-order valence-corrected chi connectivity index (χ2v) is 8.01. The minimum atomic E-state index is -0.418. The maximum absolute atomic E-state index is 13.7. The molecular weight excluding hydrogens is 391 g/mol. The fourth-order valence-corrected chi connectivity index (χ4v) is 4.09. The van der Waals surface area contributed by atoms with Crippen LogP contribution in [0.5, 0.6) is 0 Å². The SMILES string of the molecule is CCCN1CCN(c2nc(-c3ccc(F)c(Cl)c3)cc(N3CCNCC3)n2)CC1. The lowest BCUT2D eigenvalue weighted by Crippen LogP contribution is -2.47. The molecule has 0 saturated carbocycles. The fourth-order valence-electron chi connectivity index (χ4n) is 3.91. The Kier molecular flexibility index (Phi) is 6.47. The standard InChI is InChI=1S/C21H28ClFN6/c1-2-7-27-10-12-29(13-11-27)21-25-19(16-3-4-18(23)17(22)14-16)15-20(26-21)28-8-5-24-6-9-28/h3-4,14-15,24H,2,5-13H2,1H3. The third-order valence-electron chi connectivity index (χ3n) is 5.55. The molecule has 2 aromatic rings. The Morgan fingerprint density at radius 1 is 1.00 bits per heavy atom. The van der Waals surface area contributed by atoms with Crippen LogP contribution in [0.2, 0.25) is 5.02 Å². The first-order valence-corrected chi connectivity index (χ1v) is 10.8. The Morgan fingerprint density at radius 2 is 1.76 bits per heavy atom. The van der Waals surface area contributed by atoms with Crippen LogP contribution in [-0.2, 0) is 0 Å². The normalized spacial score (nSPS) is 18.3. The number of piperazine rings is 2. The zero-order valence-corrected chi connectivity index (χ0v) is 17.6. The molecule has 0 amide bonds. The topological polar surface area (TPSA) is 47.5 Å². The van der Waals surface area contributed by atoms with Gasteiger partial charge in [-0.25, -0.2) is 9.37 Å². The van der Waals surface area contributed by atoms with Crippen molar-refractivity contribution in [2.75, 3.05) is 68.7 Å². The first-order valence-electron chi connectivity index (χ1n) is 10.4. The quantitative estimate of drug-likeness (QED) is 0.805. The van der Waals surface area contributed by atoms with Crippen molar-refractivity contribution in [3.05, 3.63) is 35.1 Å². The lowest BCUT2D eigenvalue weighted by Gasteiger charge is -2.35. The highest BCUT2D eigenvalue weighted by Gasteiger charge is 2.22. The molecule has 2 fully saturated rings. The molecule has 0 atom stereocenters. The zero-order chi connectivity index (χ0) is 20.2. The summed E-state index contributed by atoms with van der Waals surface area (Å²) < 4.78 is 13.7. The van der Waals surface area contributed by atoms with Gasteiger partial charge in [0.15, 0.2) is 0 Å². The van der Waals surface area contributed by atoms with Gasteiger partial charge >= 0.3 is 0 Å². The van der Waals surface area contributed by atoms with E-state index in [0.29, 0.717) is 0 Å². The summed E-state index contributed by atoms with van der Waals surface area (Å²) in [6.45, 7) is 10.9. The van der Waals surface area contributed by atoms with Gasteiger partial charge in [0.2, 0.25) is 5.95 Å². The van der Waals surface area contributed by atoms with Gasteiger partial charge in [-0.3, -0.25) is 4.90 Å². The van der Waals surface area contributed by atoms with Gasteiger partial charge in [-0.15, -0.1) is 0 Å². The van der Waals surface area contributed by atoms with Crippen LogP contribution in [0.3, 0.4) is 0 Å². The Labute approximate surface area is 176 Å². The summed E-state index contributed by atoms with van der Waals surface area (Å²) in [7, 11) is 0. The highest BCUT2D eigenvalue weighted by Crippen LogP contribution is 2.28. The third-order valence-corrected chi connectivity index (χ3v) is 5.84. The largest absolute Gasteiger partial charge is 0.354 e. The molecule has 8 heteroatoms. The van der Waals surface area contributed by atoms with Crippen LogP contribution in [0.25, 0.3) is 11.3 Å². The number of anilines is 2. The molecule has 3 heterocycles. The van der Waals surface area contributed by atoms with Gasteiger partial charge in [-0.2, -0.15) is 4.98 Å². The summed E-state index contributed by atoms with van der Waals surface area (Å²) in [5.74, 6) is 1.25. The lowest BCUT2D eigenvalue weighted by molar-refractivity contribution is 0.257. The van der Waals surface area contributed by atoms with Crippen molar-refractivity contribution >= 4 is 23.4 Å². The second-order valence-electron chi connectivity index (χ2n) is 7.61. The number of hydrogen-bond acceptors (Lipinski definition) is 6. The maximum atomic E-state index is 13.7. The van der Waals surface area contributed by atoms with E-state index in [1.54, 1.807) is 12.1 Å². The summed E-state index contributed by atoms with van der Waals surface area (Å²) in [5.41, 5.74) is 1.59. The summed E-state index contributed by atoms with van der Waals surface area (Å²) in [5, 5.41) is 3.49. The number of hydrogen-bond donors (Lipinski definition) is 1. The second kappa shape index (κ2) is 9.24. The number of halogens is 2. The van der Waals surface area contributed by atoms with E-state index in [1.807, 2.05) is 6.07 Å². The molecule has 1 N–H and O–H groups in total. The van der Waals surface area contributed by atoms with Gasteiger partial charge in [-0.1, -0.05) is 18.5 Å². The molecule has 4 rings (SSSR count). The average Bonchev–Trinajstić information content (AvgIpc) is 2.77. The van der Waals surface area contributed by atoms with E-state index in [4.69, 9.17) is 21.6 Å². The highest BCUT2D eigenvalue weighted by molar-refractivity contribution is 6.31. The highest BCUT2D eigenvalue weighted by atomic mass is 35.5. The zero-order valence-electron chi connectivity index (χ0n) is 16.9. The van der Waals surface area contributed by atoms with Gasteiger partial charge in [0.25, 0.3) is 0 Å². The third kappa shape index (κ3) is 4.79. The van der Waals surface area contributed by atoms with Crippen LogP contribution < -0.4 is 15.1 Å². The minimum absolute atomic E-state index is 0.111. The predicted molar refractivity (Wildman–Crippen MR) is 116 cm³/mol. The van der Waals surface area contributed by atoms with Gasteiger partial charge in [0, 0.05) is 64.0 Å². The molecule has 1 aromatic heterocycles. The Balaban J connectivity index is 1.65. The van der Waals surface area contributed by atoms with E-state index >= 15 is 0 Å². The van der Waals surface area contributed by atoms with Crippen molar-refractivity contribution in [1.29, 1.82) is 0 Å². The fraction of sp³-hybridized carbons (Fsp3) is 0.524. The molecule has 29 heavy (non-hydrogen) atoms. The van der Waals surface area contributed by atoms with Crippen molar-refractivity contribution in [1.82, 2.24) is 20.2 Å². The van der Waals surface area contributed by atoms with Crippen molar-refractivity contribution in [2.45, 2.75) is 13.3 Å². The van der Waals surface area contributed by atoms with Crippen LogP contribution >= 0.6 is 11.6 Å². The summed E-state index contributed by atoms with van der Waals surface area (Å²) in [6.07, 6.45) is 1.17. The Hall–Kier alpha value is -1.96. The van der Waals surface area contributed by atoms with Crippen LogP contribution in [-0.4, -0.2) is 73.8 Å². The van der Waals surface area contributed by atoms with Crippen LogP contribution in [0.15, 0.2) is 24.3 Å². The first kappa shape index (κ1) is 20.3. The molecule has 0 aliphatic carbocycles. The molecule has 2 saturated heterocycles. The van der Waals surface area contributed by atoms with Crippen molar-refractivity contribution in [2.24, 2.45) is 0 Å². The van der Waals surface area contributed by atoms with E-state index in [2.05, 4.69) is 26.9 Å².